The molecule has 2 heterocycles. The van der Waals surface area contributed by atoms with Gasteiger partial charge in [0, 0.05) is 55.4 Å². The van der Waals surface area contributed by atoms with E-state index in [4.69, 9.17) is 9.15 Å². The Morgan fingerprint density at radius 1 is 0.517 bits per heavy atom. The van der Waals surface area contributed by atoms with Crippen LogP contribution in [0.25, 0.3) is 60.5 Å². The van der Waals surface area contributed by atoms with Gasteiger partial charge in [-0.05, 0) is 93.5 Å². The molecule has 2 unspecified atom stereocenters. The van der Waals surface area contributed by atoms with Crippen molar-refractivity contribution in [2.75, 3.05) is 4.90 Å². The van der Waals surface area contributed by atoms with Gasteiger partial charge in [0.1, 0.15) is 23.0 Å². The molecule has 0 saturated carbocycles. The number of allylic oxidation sites excluding steroid dienone is 2. The Bertz CT molecular complexity index is 3180. The maximum atomic E-state index is 7.14. The predicted octanol–water partition coefficient (Wildman–Crippen LogP) is 14.7. The largest absolute Gasteiger partial charge is 0.484 e. The van der Waals surface area contributed by atoms with Gasteiger partial charge in [0.2, 0.25) is 0 Å². The van der Waals surface area contributed by atoms with Gasteiger partial charge in [0.05, 0.1) is 5.69 Å². The second kappa shape index (κ2) is 12.4. The first-order chi connectivity index (χ1) is 28.5. The molecule has 1 aliphatic heterocycles. The number of furan rings is 1. The first-order valence-corrected chi connectivity index (χ1v) is 20.2. The number of hydrogen-bond acceptors (Lipinski definition) is 3. The fraction of sp³-hybridized carbons (Fsp3) is 0.0909. The van der Waals surface area contributed by atoms with Gasteiger partial charge in [-0.2, -0.15) is 0 Å². The summed E-state index contributed by atoms with van der Waals surface area (Å²) in [5.74, 6) is 1.05. The summed E-state index contributed by atoms with van der Waals surface area (Å²) < 4.78 is 13.3. The van der Waals surface area contributed by atoms with Crippen molar-refractivity contribution < 1.29 is 9.15 Å². The summed E-state index contributed by atoms with van der Waals surface area (Å²) in [7, 11) is 0. The van der Waals surface area contributed by atoms with E-state index in [1.165, 1.54) is 39.0 Å². The summed E-state index contributed by atoms with van der Waals surface area (Å²) >= 11 is 0. The molecule has 2 aliphatic carbocycles. The maximum absolute atomic E-state index is 7.14. The molecule has 0 radical (unpaired) electrons. The van der Waals surface area contributed by atoms with Crippen molar-refractivity contribution in [1.29, 1.82) is 0 Å². The van der Waals surface area contributed by atoms with Crippen LogP contribution in [0.15, 0.2) is 193 Å². The van der Waals surface area contributed by atoms with E-state index >= 15 is 0 Å². The minimum absolute atomic E-state index is 0.0710. The topological polar surface area (TPSA) is 25.6 Å². The molecule has 12 rings (SSSR count). The van der Waals surface area contributed by atoms with E-state index in [1.807, 2.05) is 12.1 Å². The highest BCUT2D eigenvalue weighted by molar-refractivity contribution is 6.07. The summed E-state index contributed by atoms with van der Waals surface area (Å²) in [4.78, 5) is 2.40. The lowest BCUT2D eigenvalue weighted by Gasteiger charge is -2.28. The number of para-hydroxylation sites is 2. The molecule has 1 aromatic heterocycles. The smallest absolute Gasteiger partial charge is 0.135 e. The standard InChI is InChI=1S/C55H39NO2/c1-55(2)48-21-10-8-15-40(48)41-29-25-36(32-49(41)55)39-19-12-20-45-47-33-50(42-16-6-7-18-44(42)54(47)58-53(39)45)56(37-13-4-3-5-14-37)38-27-23-34(24-28-38)35-26-30-52-46(31-35)43-17-9-11-22-51(43)57-52/h3-33,45,53H,1-2H3. The van der Waals surface area contributed by atoms with Crippen molar-refractivity contribution >= 4 is 55.3 Å². The number of nitrogens with zero attached hydrogens (tertiary/aromatic N) is 1. The van der Waals surface area contributed by atoms with Gasteiger partial charge in [-0.15, -0.1) is 0 Å². The lowest BCUT2D eigenvalue weighted by molar-refractivity contribution is 0.281. The Kier molecular flexibility index (Phi) is 7.10. The average Bonchev–Trinajstić information content (AvgIpc) is 3.92. The molecular weight excluding hydrogens is 707 g/mol. The molecule has 0 spiro atoms. The molecule has 0 bridgehead atoms. The van der Waals surface area contributed by atoms with Crippen molar-refractivity contribution in [2.24, 2.45) is 0 Å². The van der Waals surface area contributed by atoms with Crippen LogP contribution in [0.1, 0.15) is 42.0 Å². The minimum atomic E-state index is -0.127. The normalized spacial score (nSPS) is 17.1. The zero-order valence-corrected chi connectivity index (χ0v) is 32.3. The van der Waals surface area contributed by atoms with E-state index in [0.717, 1.165) is 66.6 Å². The van der Waals surface area contributed by atoms with Crippen molar-refractivity contribution in [3.05, 3.63) is 210 Å². The van der Waals surface area contributed by atoms with Crippen LogP contribution in [0, 0.1) is 0 Å². The summed E-state index contributed by atoms with van der Waals surface area (Å²) in [6.07, 6.45) is 6.69. The summed E-state index contributed by atoms with van der Waals surface area (Å²) in [5.41, 5.74) is 16.5. The van der Waals surface area contributed by atoms with Gasteiger partial charge < -0.3 is 14.1 Å². The molecule has 3 heteroatoms. The molecule has 0 N–H and O–H groups in total. The predicted molar refractivity (Wildman–Crippen MR) is 240 cm³/mol. The van der Waals surface area contributed by atoms with Crippen LogP contribution in [-0.4, -0.2) is 6.10 Å². The van der Waals surface area contributed by atoms with E-state index in [0.29, 0.717) is 0 Å². The molecule has 0 amide bonds. The average molecular weight is 746 g/mol. The third kappa shape index (κ3) is 4.86. The fourth-order valence-electron chi connectivity index (χ4n) is 9.97. The quantitative estimate of drug-likeness (QED) is 0.175. The van der Waals surface area contributed by atoms with Crippen LogP contribution in [0.2, 0.25) is 0 Å². The molecule has 8 aromatic carbocycles. The molecule has 276 valence electrons. The molecule has 3 aliphatic rings. The number of benzene rings is 8. The van der Waals surface area contributed by atoms with Gasteiger partial charge in [-0.3, -0.25) is 0 Å². The summed E-state index contributed by atoms with van der Waals surface area (Å²) in [6, 6.07) is 61.4. The highest BCUT2D eigenvalue weighted by Gasteiger charge is 2.41. The van der Waals surface area contributed by atoms with E-state index in [9.17, 15) is 0 Å². The van der Waals surface area contributed by atoms with Crippen LogP contribution >= 0.6 is 0 Å². The van der Waals surface area contributed by atoms with Gasteiger partial charge in [0.25, 0.3) is 0 Å². The Morgan fingerprint density at radius 2 is 1.19 bits per heavy atom. The van der Waals surface area contributed by atoms with Crippen LogP contribution < -0.4 is 9.64 Å². The van der Waals surface area contributed by atoms with E-state index in [2.05, 4.69) is 195 Å². The van der Waals surface area contributed by atoms with Crippen molar-refractivity contribution in [3.8, 4) is 28.0 Å². The van der Waals surface area contributed by atoms with E-state index in [1.54, 1.807) is 0 Å². The Labute approximate surface area is 337 Å². The van der Waals surface area contributed by atoms with E-state index < -0.39 is 0 Å². The molecule has 0 fully saturated rings. The first kappa shape index (κ1) is 33.1. The Hall–Kier alpha value is -7.10. The van der Waals surface area contributed by atoms with Gasteiger partial charge >= 0.3 is 0 Å². The number of hydrogen-bond donors (Lipinski definition) is 0. The van der Waals surface area contributed by atoms with Gasteiger partial charge in [-0.25, -0.2) is 0 Å². The minimum Gasteiger partial charge on any atom is -0.484 e. The highest BCUT2D eigenvalue weighted by Crippen LogP contribution is 2.54. The monoisotopic (exact) mass is 745 g/mol. The van der Waals surface area contributed by atoms with Crippen LogP contribution in [-0.2, 0) is 5.41 Å². The van der Waals surface area contributed by atoms with Crippen molar-refractivity contribution in [3.63, 3.8) is 0 Å². The number of ether oxygens (including phenoxy) is 1. The highest BCUT2D eigenvalue weighted by atomic mass is 16.5. The van der Waals surface area contributed by atoms with Gasteiger partial charge in [-0.1, -0.05) is 147 Å². The van der Waals surface area contributed by atoms with E-state index in [-0.39, 0.29) is 17.4 Å². The molecule has 58 heavy (non-hydrogen) atoms. The summed E-state index contributed by atoms with van der Waals surface area (Å²) in [6.45, 7) is 4.70. The third-order valence-corrected chi connectivity index (χ3v) is 12.8. The molecule has 3 nitrogen and oxygen atoms in total. The second-order valence-corrected chi connectivity index (χ2v) is 16.4. The Morgan fingerprint density at radius 3 is 2.05 bits per heavy atom. The zero-order valence-electron chi connectivity index (χ0n) is 32.3. The fourth-order valence-corrected chi connectivity index (χ4v) is 9.97. The maximum Gasteiger partial charge on any atom is 0.135 e. The molecule has 0 saturated heterocycles. The zero-order chi connectivity index (χ0) is 38.5. The van der Waals surface area contributed by atoms with Gasteiger partial charge in [0.15, 0.2) is 0 Å². The number of rotatable bonds is 5. The lowest BCUT2D eigenvalue weighted by Crippen LogP contribution is -2.22. The third-order valence-electron chi connectivity index (χ3n) is 12.8. The first-order valence-electron chi connectivity index (χ1n) is 20.2. The van der Waals surface area contributed by atoms with Crippen LogP contribution in [0.3, 0.4) is 0 Å². The molecule has 2 atom stereocenters. The molecular formula is C55H39NO2. The second-order valence-electron chi connectivity index (χ2n) is 16.4. The molecule has 9 aromatic rings. The Balaban J connectivity index is 0.948. The van der Waals surface area contributed by atoms with Crippen molar-refractivity contribution in [2.45, 2.75) is 31.3 Å². The number of anilines is 3. The SMILES string of the molecule is CC1(C)c2ccccc2-c2ccc(C3=CC=CC4c5cc(N(c6ccccc6)c6ccc(-c7ccc8oc9ccccc9c8c7)cc6)c6ccccc6c5OC34)cc21. The van der Waals surface area contributed by atoms with Crippen LogP contribution in [0.4, 0.5) is 17.1 Å². The lowest BCUT2D eigenvalue weighted by atomic mass is 9.79. The summed E-state index contributed by atoms with van der Waals surface area (Å²) in [5, 5.41) is 4.55. The number of fused-ring (bicyclic) bond motifs is 11. The van der Waals surface area contributed by atoms with Crippen molar-refractivity contribution in [1.82, 2.24) is 0 Å². The van der Waals surface area contributed by atoms with Crippen LogP contribution in [0.5, 0.6) is 5.75 Å².